The van der Waals surface area contributed by atoms with Crippen LogP contribution in [0.15, 0.2) is 46.3 Å². The van der Waals surface area contributed by atoms with E-state index >= 15 is 0 Å². The van der Waals surface area contributed by atoms with Crippen molar-refractivity contribution in [3.05, 3.63) is 52.4 Å². The van der Waals surface area contributed by atoms with Crippen molar-refractivity contribution in [2.24, 2.45) is 0 Å². The summed E-state index contributed by atoms with van der Waals surface area (Å²) in [6.45, 7) is 4.48. The number of carbonyl (C=O) groups excluding carboxylic acids is 1. The number of H-pyrrole nitrogens is 1. The standard InChI is InChI=1S/C16H19N3O2S/c1-3-12-10-14(20)18-16(17-12)22-11-15(21)19(4-2)13-8-6-5-7-9-13/h5-10H,3-4,11H2,1-2H3,(H,17,18,20). The number of thioether (sulfide) groups is 1. The van der Waals surface area contributed by atoms with E-state index in [0.717, 1.165) is 11.4 Å². The Morgan fingerprint density at radius 3 is 2.64 bits per heavy atom. The molecule has 1 heterocycles. The zero-order valence-corrected chi connectivity index (χ0v) is 13.5. The molecule has 116 valence electrons. The van der Waals surface area contributed by atoms with Crippen molar-refractivity contribution in [1.82, 2.24) is 9.97 Å². The Labute approximate surface area is 133 Å². The lowest BCUT2D eigenvalue weighted by atomic mass is 10.3. The molecule has 1 amide bonds. The Balaban J connectivity index is 2.06. The minimum absolute atomic E-state index is 0.0109. The van der Waals surface area contributed by atoms with Gasteiger partial charge < -0.3 is 9.88 Å². The highest BCUT2D eigenvalue weighted by molar-refractivity contribution is 7.99. The van der Waals surface area contributed by atoms with E-state index in [2.05, 4.69) is 9.97 Å². The molecule has 0 unspecified atom stereocenters. The molecule has 0 aliphatic heterocycles. The van der Waals surface area contributed by atoms with Gasteiger partial charge in [0.2, 0.25) is 5.91 Å². The Morgan fingerprint density at radius 2 is 2.00 bits per heavy atom. The van der Waals surface area contributed by atoms with Gasteiger partial charge in [0.15, 0.2) is 5.16 Å². The average Bonchev–Trinajstić information content (AvgIpc) is 2.54. The topological polar surface area (TPSA) is 66.1 Å². The number of amides is 1. The third kappa shape index (κ3) is 4.21. The number of rotatable bonds is 6. The molecule has 0 atom stereocenters. The number of aromatic nitrogens is 2. The molecule has 2 aromatic rings. The first kappa shape index (κ1) is 16.3. The number of nitrogens with zero attached hydrogens (tertiary/aromatic N) is 2. The number of benzene rings is 1. The zero-order chi connectivity index (χ0) is 15.9. The van der Waals surface area contributed by atoms with Gasteiger partial charge in [0.1, 0.15) is 0 Å². The molecule has 2 rings (SSSR count). The van der Waals surface area contributed by atoms with E-state index in [1.807, 2.05) is 44.2 Å². The molecule has 1 aromatic heterocycles. The van der Waals surface area contributed by atoms with Gasteiger partial charge in [-0.1, -0.05) is 36.9 Å². The van der Waals surface area contributed by atoms with E-state index in [-0.39, 0.29) is 17.2 Å². The number of carbonyl (C=O) groups is 1. The van der Waals surface area contributed by atoms with Crippen molar-refractivity contribution in [2.75, 3.05) is 17.2 Å². The predicted molar refractivity (Wildman–Crippen MR) is 89.4 cm³/mol. The first-order chi connectivity index (χ1) is 10.6. The number of aromatic amines is 1. The van der Waals surface area contributed by atoms with Crippen LogP contribution in [-0.4, -0.2) is 28.2 Å². The van der Waals surface area contributed by atoms with E-state index < -0.39 is 0 Å². The van der Waals surface area contributed by atoms with Gasteiger partial charge in [-0.3, -0.25) is 9.59 Å². The van der Waals surface area contributed by atoms with Crippen molar-refractivity contribution in [3.63, 3.8) is 0 Å². The summed E-state index contributed by atoms with van der Waals surface area (Å²) in [5, 5.41) is 0.488. The highest BCUT2D eigenvalue weighted by atomic mass is 32.2. The highest BCUT2D eigenvalue weighted by Gasteiger charge is 2.14. The van der Waals surface area contributed by atoms with Gasteiger partial charge in [-0.25, -0.2) is 4.98 Å². The fourth-order valence-corrected chi connectivity index (χ4v) is 2.82. The summed E-state index contributed by atoms with van der Waals surface area (Å²) in [7, 11) is 0. The smallest absolute Gasteiger partial charge is 0.251 e. The molecule has 22 heavy (non-hydrogen) atoms. The van der Waals surface area contributed by atoms with Crippen LogP contribution in [0, 0.1) is 0 Å². The normalized spacial score (nSPS) is 10.5. The summed E-state index contributed by atoms with van der Waals surface area (Å²) < 4.78 is 0. The van der Waals surface area contributed by atoms with Crippen molar-refractivity contribution >= 4 is 23.4 Å². The first-order valence-electron chi connectivity index (χ1n) is 7.22. The number of hydrogen-bond acceptors (Lipinski definition) is 4. The lowest BCUT2D eigenvalue weighted by Crippen LogP contribution is -2.32. The molecule has 0 radical (unpaired) electrons. The van der Waals surface area contributed by atoms with Crippen LogP contribution in [0.5, 0.6) is 0 Å². The van der Waals surface area contributed by atoms with E-state index in [4.69, 9.17) is 0 Å². The molecule has 0 bridgehead atoms. The lowest BCUT2D eigenvalue weighted by molar-refractivity contribution is -0.116. The van der Waals surface area contributed by atoms with Crippen molar-refractivity contribution in [2.45, 2.75) is 25.4 Å². The van der Waals surface area contributed by atoms with Crippen LogP contribution >= 0.6 is 11.8 Å². The van der Waals surface area contributed by atoms with Gasteiger partial charge in [-0.15, -0.1) is 0 Å². The molecule has 1 N–H and O–H groups in total. The van der Waals surface area contributed by atoms with Gasteiger partial charge in [-0.2, -0.15) is 0 Å². The molecule has 0 saturated carbocycles. The number of para-hydroxylation sites is 1. The summed E-state index contributed by atoms with van der Waals surface area (Å²) >= 11 is 1.25. The molecular formula is C16H19N3O2S. The zero-order valence-electron chi connectivity index (χ0n) is 12.7. The maximum atomic E-state index is 12.4. The predicted octanol–water partition coefficient (Wildman–Crippen LogP) is 2.48. The second-order valence-electron chi connectivity index (χ2n) is 4.66. The van der Waals surface area contributed by atoms with Crippen molar-refractivity contribution < 1.29 is 4.79 Å². The summed E-state index contributed by atoms with van der Waals surface area (Å²) in [6, 6.07) is 11.0. The third-order valence-electron chi connectivity index (χ3n) is 3.15. The van der Waals surface area contributed by atoms with Gasteiger partial charge in [-0.05, 0) is 25.5 Å². The molecule has 0 saturated heterocycles. The molecule has 0 aliphatic rings. The second kappa shape index (κ2) is 7.79. The quantitative estimate of drug-likeness (QED) is 0.656. The summed E-state index contributed by atoms with van der Waals surface area (Å²) in [4.78, 5) is 32.6. The number of nitrogens with one attached hydrogen (secondary N) is 1. The van der Waals surface area contributed by atoms with Crippen molar-refractivity contribution in [3.8, 4) is 0 Å². The first-order valence-corrected chi connectivity index (χ1v) is 8.21. The molecule has 0 fully saturated rings. The van der Waals surface area contributed by atoms with E-state index in [1.165, 1.54) is 17.8 Å². The summed E-state index contributed by atoms with van der Waals surface area (Å²) in [6.07, 6.45) is 0.691. The molecular weight excluding hydrogens is 298 g/mol. The van der Waals surface area contributed by atoms with Crippen LogP contribution in [0.3, 0.4) is 0 Å². The largest absolute Gasteiger partial charge is 0.312 e. The highest BCUT2D eigenvalue weighted by Crippen LogP contribution is 2.17. The SMILES string of the molecule is CCc1cc(=O)[nH]c(SCC(=O)N(CC)c2ccccc2)n1. The number of hydrogen-bond donors (Lipinski definition) is 1. The number of anilines is 1. The van der Waals surface area contributed by atoms with Crippen molar-refractivity contribution in [1.29, 1.82) is 0 Å². The molecule has 0 spiro atoms. The van der Waals surface area contributed by atoms with E-state index in [1.54, 1.807) is 4.90 Å². The molecule has 5 nitrogen and oxygen atoms in total. The summed E-state index contributed by atoms with van der Waals surface area (Å²) in [5.41, 5.74) is 1.42. The Bertz CT molecular complexity index is 685. The van der Waals surface area contributed by atoms with Gasteiger partial charge in [0, 0.05) is 24.0 Å². The minimum atomic E-state index is -0.183. The van der Waals surface area contributed by atoms with Crippen LogP contribution in [0.4, 0.5) is 5.69 Å². The van der Waals surface area contributed by atoms with Gasteiger partial charge in [0.25, 0.3) is 5.56 Å². The average molecular weight is 317 g/mol. The Kier molecular flexibility index (Phi) is 5.77. The monoisotopic (exact) mass is 317 g/mol. The van der Waals surface area contributed by atoms with E-state index in [9.17, 15) is 9.59 Å². The van der Waals surface area contributed by atoms with Crippen LogP contribution < -0.4 is 10.5 Å². The molecule has 0 aliphatic carbocycles. The van der Waals surface area contributed by atoms with Crippen LogP contribution in [0.2, 0.25) is 0 Å². The second-order valence-corrected chi connectivity index (χ2v) is 5.62. The maximum absolute atomic E-state index is 12.4. The molecule has 6 heteroatoms. The fourth-order valence-electron chi connectivity index (χ4n) is 2.05. The van der Waals surface area contributed by atoms with Gasteiger partial charge in [0.05, 0.1) is 5.75 Å². The van der Waals surface area contributed by atoms with Crippen LogP contribution in [0.25, 0.3) is 0 Å². The Hall–Kier alpha value is -2.08. The minimum Gasteiger partial charge on any atom is -0.312 e. The maximum Gasteiger partial charge on any atom is 0.251 e. The van der Waals surface area contributed by atoms with Gasteiger partial charge >= 0.3 is 0 Å². The number of aryl methyl sites for hydroxylation is 1. The van der Waals surface area contributed by atoms with Crippen LogP contribution in [0.1, 0.15) is 19.5 Å². The molecule has 1 aromatic carbocycles. The Morgan fingerprint density at radius 1 is 1.27 bits per heavy atom. The van der Waals surface area contributed by atoms with E-state index in [0.29, 0.717) is 18.1 Å². The summed E-state index contributed by atoms with van der Waals surface area (Å²) in [5.74, 6) is 0.224. The fraction of sp³-hybridized carbons (Fsp3) is 0.312. The lowest BCUT2D eigenvalue weighted by Gasteiger charge is -2.20. The van der Waals surface area contributed by atoms with Crippen LogP contribution in [-0.2, 0) is 11.2 Å². The third-order valence-corrected chi connectivity index (χ3v) is 4.01.